The van der Waals surface area contributed by atoms with Gasteiger partial charge in [0.2, 0.25) is 0 Å². The Labute approximate surface area is 87.8 Å². The highest BCUT2D eigenvalue weighted by Crippen LogP contribution is 2.11. The van der Waals surface area contributed by atoms with Crippen LogP contribution in [0.3, 0.4) is 0 Å². The van der Waals surface area contributed by atoms with Gasteiger partial charge in [0, 0.05) is 32.1 Å². The third kappa shape index (κ3) is 2.02. The molecule has 15 heavy (non-hydrogen) atoms. The van der Waals surface area contributed by atoms with Crippen molar-refractivity contribution in [3.05, 3.63) is 47.5 Å². The van der Waals surface area contributed by atoms with Crippen molar-refractivity contribution in [2.75, 3.05) is 0 Å². The van der Waals surface area contributed by atoms with Crippen LogP contribution >= 0.6 is 0 Å². The van der Waals surface area contributed by atoms with Gasteiger partial charge in [-0.2, -0.15) is 10.4 Å². The fourth-order valence-corrected chi connectivity index (χ4v) is 1.46. The minimum Gasteiger partial charge on any atom is -0.276 e. The minimum absolute atomic E-state index is 0.675. The number of hydrogen-bond acceptors (Lipinski definition) is 3. The highest BCUT2D eigenvalue weighted by Gasteiger charge is 2.03. The molecule has 0 saturated carbocycles. The van der Waals surface area contributed by atoms with Crippen LogP contribution in [0.1, 0.15) is 16.7 Å². The molecule has 0 spiro atoms. The molecule has 4 heteroatoms. The number of nitriles is 1. The maximum Gasteiger partial charge on any atom is 0.0995 e. The van der Waals surface area contributed by atoms with Crippen molar-refractivity contribution < 1.29 is 0 Å². The third-order valence-electron chi connectivity index (χ3n) is 2.18. The average Bonchev–Trinajstić information content (AvgIpc) is 2.65. The van der Waals surface area contributed by atoms with E-state index in [-0.39, 0.29) is 0 Å². The standard InChI is InChI=1S/C11H10N4/c1-15-8-9(6-14-15)4-11-7-13-3-2-10(11)5-12/h2-3,6-8H,4H2,1H3. The van der Waals surface area contributed by atoms with Crippen molar-refractivity contribution in [2.24, 2.45) is 7.05 Å². The largest absolute Gasteiger partial charge is 0.276 e. The van der Waals surface area contributed by atoms with Crippen LogP contribution in [0.5, 0.6) is 0 Å². The van der Waals surface area contributed by atoms with Crippen LogP contribution in [0.2, 0.25) is 0 Å². The smallest absolute Gasteiger partial charge is 0.0995 e. The number of nitrogens with zero attached hydrogens (tertiary/aromatic N) is 4. The van der Waals surface area contributed by atoms with Gasteiger partial charge in [0.25, 0.3) is 0 Å². The van der Waals surface area contributed by atoms with Crippen LogP contribution in [0, 0.1) is 11.3 Å². The summed E-state index contributed by atoms with van der Waals surface area (Å²) >= 11 is 0. The lowest BCUT2D eigenvalue weighted by Crippen LogP contribution is -1.92. The highest BCUT2D eigenvalue weighted by molar-refractivity contribution is 5.37. The van der Waals surface area contributed by atoms with Gasteiger partial charge < -0.3 is 0 Å². The number of rotatable bonds is 2. The minimum atomic E-state index is 0.675. The van der Waals surface area contributed by atoms with E-state index in [9.17, 15) is 0 Å². The van der Waals surface area contributed by atoms with Gasteiger partial charge >= 0.3 is 0 Å². The predicted octanol–water partition coefficient (Wildman–Crippen LogP) is 1.28. The molecule has 0 aliphatic carbocycles. The zero-order valence-corrected chi connectivity index (χ0v) is 8.38. The van der Waals surface area contributed by atoms with E-state index < -0.39 is 0 Å². The second-order valence-corrected chi connectivity index (χ2v) is 3.34. The molecule has 2 aromatic rings. The van der Waals surface area contributed by atoms with Crippen molar-refractivity contribution in [1.82, 2.24) is 14.8 Å². The van der Waals surface area contributed by atoms with E-state index in [1.807, 2.05) is 13.2 Å². The molecule has 4 nitrogen and oxygen atoms in total. The van der Waals surface area contributed by atoms with Gasteiger partial charge in [0.05, 0.1) is 17.8 Å². The molecule has 74 valence electrons. The molecule has 0 unspecified atom stereocenters. The highest BCUT2D eigenvalue weighted by atomic mass is 15.2. The Balaban J connectivity index is 2.28. The Morgan fingerprint density at radius 2 is 2.33 bits per heavy atom. The lowest BCUT2D eigenvalue weighted by molar-refractivity contribution is 0.767. The molecular weight excluding hydrogens is 188 g/mol. The first kappa shape index (κ1) is 9.41. The summed E-state index contributed by atoms with van der Waals surface area (Å²) in [5.74, 6) is 0. The van der Waals surface area contributed by atoms with Gasteiger partial charge in [0.15, 0.2) is 0 Å². The SMILES string of the molecule is Cn1cc(Cc2cnccc2C#N)cn1. The summed E-state index contributed by atoms with van der Waals surface area (Å²) < 4.78 is 1.75. The Kier molecular flexibility index (Phi) is 2.46. The van der Waals surface area contributed by atoms with Gasteiger partial charge in [0.1, 0.15) is 0 Å². The second kappa shape index (κ2) is 3.93. The first-order chi connectivity index (χ1) is 7.29. The number of pyridine rings is 1. The van der Waals surface area contributed by atoms with Crippen molar-refractivity contribution in [2.45, 2.75) is 6.42 Å². The summed E-state index contributed by atoms with van der Waals surface area (Å²) in [7, 11) is 1.87. The van der Waals surface area contributed by atoms with Gasteiger partial charge in [-0.15, -0.1) is 0 Å². The van der Waals surface area contributed by atoms with Crippen molar-refractivity contribution in [1.29, 1.82) is 5.26 Å². The molecule has 0 N–H and O–H groups in total. The quantitative estimate of drug-likeness (QED) is 0.730. The average molecular weight is 198 g/mol. The first-order valence-electron chi connectivity index (χ1n) is 4.60. The molecule has 0 saturated heterocycles. The molecule has 2 aromatic heterocycles. The lowest BCUT2D eigenvalue weighted by Gasteiger charge is -1.99. The molecule has 2 heterocycles. The monoisotopic (exact) mass is 198 g/mol. The molecule has 0 aliphatic heterocycles. The molecular formula is C11H10N4. The Morgan fingerprint density at radius 1 is 1.47 bits per heavy atom. The van der Waals surface area contributed by atoms with Crippen LogP contribution < -0.4 is 0 Å². The predicted molar refractivity (Wildman–Crippen MR) is 55.0 cm³/mol. The maximum absolute atomic E-state index is 8.90. The zero-order valence-electron chi connectivity index (χ0n) is 8.38. The first-order valence-corrected chi connectivity index (χ1v) is 4.60. The van der Waals surface area contributed by atoms with E-state index in [1.165, 1.54) is 0 Å². The van der Waals surface area contributed by atoms with E-state index in [1.54, 1.807) is 29.3 Å². The van der Waals surface area contributed by atoms with Gasteiger partial charge in [-0.3, -0.25) is 9.67 Å². The topological polar surface area (TPSA) is 54.5 Å². The van der Waals surface area contributed by atoms with E-state index in [2.05, 4.69) is 16.2 Å². The van der Waals surface area contributed by atoms with Crippen LogP contribution in [0.15, 0.2) is 30.9 Å². The third-order valence-corrected chi connectivity index (χ3v) is 2.18. The summed E-state index contributed by atoms with van der Waals surface area (Å²) in [6.07, 6.45) is 7.80. The lowest BCUT2D eigenvalue weighted by atomic mass is 10.1. The molecule has 0 fully saturated rings. The van der Waals surface area contributed by atoms with Crippen LogP contribution in [-0.4, -0.2) is 14.8 Å². The summed E-state index contributed by atoms with van der Waals surface area (Å²) in [5, 5.41) is 13.0. The van der Waals surface area contributed by atoms with Gasteiger partial charge in [-0.05, 0) is 17.2 Å². The zero-order chi connectivity index (χ0) is 10.7. The normalized spacial score (nSPS) is 9.87. The fourth-order valence-electron chi connectivity index (χ4n) is 1.46. The van der Waals surface area contributed by atoms with Crippen molar-refractivity contribution in [3.8, 4) is 6.07 Å². The Bertz CT molecular complexity index is 507. The van der Waals surface area contributed by atoms with Gasteiger partial charge in [-0.25, -0.2) is 0 Å². The van der Waals surface area contributed by atoms with Crippen LogP contribution in [0.4, 0.5) is 0 Å². The summed E-state index contributed by atoms with van der Waals surface area (Å²) in [5.41, 5.74) is 2.70. The summed E-state index contributed by atoms with van der Waals surface area (Å²) in [6.45, 7) is 0. The Morgan fingerprint density at radius 3 is 3.00 bits per heavy atom. The van der Waals surface area contributed by atoms with Crippen molar-refractivity contribution in [3.63, 3.8) is 0 Å². The van der Waals surface area contributed by atoms with E-state index in [4.69, 9.17) is 5.26 Å². The molecule has 2 rings (SSSR count). The van der Waals surface area contributed by atoms with E-state index in [0.717, 1.165) is 11.1 Å². The molecule has 0 radical (unpaired) electrons. The van der Waals surface area contributed by atoms with Crippen LogP contribution in [-0.2, 0) is 13.5 Å². The molecule has 0 bridgehead atoms. The van der Waals surface area contributed by atoms with Gasteiger partial charge in [-0.1, -0.05) is 0 Å². The number of aryl methyl sites for hydroxylation is 1. The summed E-state index contributed by atoms with van der Waals surface area (Å²) in [4.78, 5) is 4.02. The van der Waals surface area contributed by atoms with Crippen LogP contribution in [0.25, 0.3) is 0 Å². The van der Waals surface area contributed by atoms with E-state index in [0.29, 0.717) is 12.0 Å². The fraction of sp³-hybridized carbons (Fsp3) is 0.182. The van der Waals surface area contributed by atoms with E-state index >= 15 is 0 Å². The molecule has 0 aliphatic rings. The molecule has 0 aromatic carbocycles. The number of aromatic nitrogens is 3. The molecule has 0 atom stereocenters. The summed E-state index contributed by atoms with van der Waals surface area (Å²) in [6, 6.07) is 3.88. The second-order valence-electron chi connectivity index (χ2n) is 3.34. The molecule has 0 amide bonds. The Hall–Kier alpha value is -2.15. The maximum atomic E-state index is 8.90. The number of hydrogen-bond donors (Lipinski definition) is 0. The van der Waals surface area contributed by atoms with Crippen molar-refractivity contribution >= 4 is 0 Å².